The summed E-state index contributed by atoms with van der Waals surface area (Å²) in [5.74, 6) is 0. The summed E-state index contributed by atoms with van der Waals surface area (Å²) in [6, 6.07) is 32.5. The molecule has 4 nitrogen and oxygen atoms in total. The first-order chi connectivity index (χ1) is 19.9. The maximum atomic E-state index is 5.26. The predicted molar refractivity (Wildman–Crippen MR) is 180 cm³/mol. The quantitative estimate of drug-likeness (QED) is 0.200. The van der Waals surface area contributed by atoms with Crippen LogP contribution in [0.2, 0.25) is 19.6 Å². The molecule has 0 N–H and O–H groups in total. The molecule has 0 radical (unpaired) electrons. The SMILES string of the molecule is C[Si](C)(C)Cc1c2ccc([n-]2)c(-c2ccccc2)c2nc(cc3nc(c(-c4ccccc4)c4ccc1[n-]4)C=C3)C=C2.[Mg+2]. The number of fused-ring (bicyclic) bond motifs is 8. The third kappa shape index (κ3) is 5.58. The van der Waals surface area contributed by atoms with Gasteiger partial charge in [0.25, 0.3) is 0 Å². The van der Waals surface area contributed by atoms with Crippen LogP contribution in [-0.2, 0) is 6.04 Å². The van der Waals surface area contributed by atoms with E-state index in [1.54, 1.807) is 0 Å². The van der Waals surface area contributed by atoms with Crippen LogP contribution in [0, 0.1) is 0 Å². The molecule has 3 aromatic heterocycles. The standard InChI is InChI=1S/C36H30N4Si.Mg/c1-41(2,3)23-28-29-18-20-33(39-29)35(24-10-6-4-7-11-24)31-16-14-26(37-31)22-27-15-17-32(38-27)36(25-12-8-5-9-13-25)34-21-19-30(28)40-34;/h4-22H,23H2,1-3H3;/q-2;+2. The van der Waals surface area contributed by atoms with Crippen molar-refractivity contribution in [1.82, 2.24) is 19.9 Å². The van der Waals surface area contributed by atoms with Gasteiger partial charge in [0.1, 0.15) is 0 Å². The molecule has 42 heavy (non-hydrogen) atoms. The third-order valence-electron chi connectivity index (χ3n) is 7.37. The van der Waals surface area contributed by atoms with Crippen LogP contribution in [0.15, 0.2) is 91.0 Å². The number of hydrogen-bond acceptors (Lipinski definition) is 2. The van der Waals surface area contributed by atoms with Crippen molar-refractivity contribution < 1.29 is 0 Å². The summed E-state index contributed by atoms with van der Waals surface area (Å²) in [4.78, 5) is 20.6. The molecule has 2 aromatic carbocycles. The largest absolute Gasteiger partial charge is 2.00 e. The van der Waals surface area contributed by atoms with Gasteiger partial charge in [0, 0.05) is 8.07 Å². The molecule has 0 aliphatic carbocycles. The van der Waals surface area contributed by atoms with Gasteiger partial charge in [-0.3, -0.25) is 0 Å². The minimum Gasteiger partial charge on any atom is -0.657 e. The van der Waals surface area contributed by atoms with Crippen molar-refractivity contribution in [1.29, 1.82) is 0 Å². The molecule has 200 valence electrons. The topological polar surface area (TPSA) is 54.0 Å². The molecular weight excluding hydrogens is 541 g/mol. The number of rotatable bonds is 4. The summed E-state index contributed by atoms with van der Waals surface area (Å²) in [5, 5.41) is 0. The first kappa shape index (κ1) is 28.2. The second kappa shape index (κ2) is 11.4. The van der Waals surface area contributed by atoms with Gasteiger partial charge in [0.2, 0.25) is 0 Å². The van der Waals surface area contributed by atoms with Gasteiger partial charge in [0.15, 0.2) is 0 Å². The Labute approximate surface area is 263 Å². The summed E-state index contributed by atoms with van der Waals surface area (Å²) in [6.07, 6.45) is 8.29. The molecular formula is C36H30MgN4Si. The zero-order chi connectivity index (χ0) is 28.0. The van der Waals surface area contributed by atoms with Crippen LogP contribution >= 0.6 is 0 Å². The number of aromatic nitrogens is 4. The molecule has 2 aliphatic heterocycles. The maximum Gasteiger partial charge on any atom is 2.00 e. The average molecular weight is 571 g/mol. The Kier molecular flexibility index (Phi) is 7.62. The fourth-order valence-electron chi connectivity index (χ4n) is 5.59. The second-order valence-corrected chi connectivity index (χ2v) is 17.3. The van der Waals surface area contributed by atoms with Gasteiger partial charge in [0.05, 0.1) is 22.8 Å². The first-order valence-corrected chi connectivity index (χ1v) is 17.7. The number of benzene rings is 2. The molecule has 0 saturated heterocycles. The number of nitrogens with zero attached hydrogens (tertiary/aromatic N) is 4. The average Bonchev–Trinajstić information content (AvgIpc) is 3.78. The van der Waals surface area contributed by atoms with E-state index in [1.807, 2.05) is 18.2 Å². The van der Waals surface area contributed by atoms with Crippen molar-refractivity contribution in [2.75, 3.05) is 0 Å². The molecule has 0 unspecified atom stereocenters. The van der Waals surface area contributed by atoms with Gasteiger partial charge in [-0.25, -0.2) is 9.97 Å². The molecule has 0 spiro atoms. The van der Waals surface area contributed by atoms with E-state index in [0.717, 1.165) is 73.1 Å². The Morgan fingerprint density at radius 2 is 0.976 bits per heavy atom. The molecule has 6 heteroatoms. The van der Waals surface area contributed by atoms with Crippen LogP contribution in [0.25, 0.3) is 68.6 Å². The number of hydrogen-bond donors (Lipinski definition) is 0. The van der Waals surface area contributed by atoms with Gasteiger partial charge in [-0.1, -0.05) is 110 Å². The predicted octanol–water partition coefficient (Wildman–Crippen LogP) is 8.29. The molecule has 8 bridgehead atoms. The molecule has 0 saturated carbocycles. The first-order valence-electron chi connectivity index (χ1n) is 14.0. The van der Waals surface area contributed by atoms with Crippen LogP contribution in [0.4, 0.5) is 0 Å². The van der Waals surface area contributed by atoms with Crippen molar-refractivity contribution in [2.45, 2.75) is 25.7 Å². The Morgan fingerprint density at radius 3 is 1.40 bits per heavy atom. The Balaban J connectivity index is 0.00000316. The van der Waals surface area contributed by atoms with Crippen LogP contribution in [0.1, 0.15) is 28.3 Å². The normalized spacial score (nSPS) is 12.4. The summed E-state index contributed by atoms with van der Waals surface area (Å²) >= 11 is 0. The van der Waals surface area contributed by atoms with Crippen molar-refractivity contribution in [3.63, 3.8) is 0 Å². The fourth-order valence-corrected chi connectivity index (χ4v) is 7.01. The molecule has 5 aromatic rings. The van der Waals surface area contributed by atoms with E-state index in [9.17, 15) is 0 Å². The second-order valence-electron chi connectivity index (χ2n) is 11.8. The summed E-state index contributed by atoms with van der Waals surface area (Å²) in [7, 11) is -1.52. The Bertz CT molecular complexity index is 1860. The van der Waals surface area contributed by atoms with E-state index >= 15 is 0 Å². The summed E-state index contributed by atoms with van der Waals surface area (Å²) in [6.45, 7) is 7.20. The minimum atomic E-state index is -1.52. The molecule has 7 rings (SSSR count). The van der Waals surface area contributed by atoms with E-state index in [4.69, 9.17) is 19.9 Å². The monoisotopic (exact) mass is 570 g/mol. The molecule has 0 amide bonds. The van der Waals surface area contributed by atoms with Crippen LogP contribution in [-0.4, -0.2) is 41.1 Å². The van der Waals surface area contributed by atoms with Crippen LogP contribution in [0.3, 0.4) is 0 Å². The molecule has 0 atom stereocenters. The van der Waals surface area contributed by atoms with E-state index < -0.39 is 8.07 Å². The van der Waals surface area contributed by atoms with Gasteiger partial charge in [-0.05, 0) is 58.7 Å². The zero-order valence-corrected chi connectivity index (χ0v) is 26.6. The smallest absolute Gasteiger partial charge is 0.657 e. The summed E-state index contributed by atoms with van der Waals surface area (Å²) in [5.41, 5.74) is 12.8. The van der Waals surface area contributed by atoms with E-state index in [1.165, 1.54) is 5.56 Å². The van der Waals surface area contributed by atoms with Crippen molar-refractivity contribution >= 4 is 77.5 Å². The maximum absolute atomic E-state index is 5.26. The molecule has 0 fully saturated rings. The van der Waals surface area contributed by atoms with Gasteiger partial charge in [-0.2, -0.15) is 0 Å². The zero-order valence-electron chi connectivity index (χ0n) is 24.2. The third-order valence-corrected chi connectivity index (χ3v) is 8.79. The molecule has 5 heterocycles. The molecule has 2 aliphatic rings. The van der Waals surface area contributed by atoms with E-state index in [0.29, 0.717) is 0 Å². The van der Waals surface area contributed by atoms with Crippen LogP contribution < -0.4 is 9.97 Å². The Hall–Kier alpha value is -3.98. The summed E-state index contributed by atoms with van der Waals surface area (Å²) < 4.78 is 0. The van der Waals surface area contributed by atoms with Gasteiger partial charge in [-0.15, -0.1) is 22.1 Å². The Morgan fingerprint density at radius 1 is 0.548 bits per heavy atom. The van der Waals surface area contributed by atoms with Gasteiger partial charge >= 0.3 is 23.1 Å². The fraction of sp³-hybridized carbons (Fsp3) is 0.111. The minimum absolute atomic E-state index is 0. The van der Waals surface area contributed by atoms with Crippen LogP contribution in [0.5, 0.6) is 0 Å². The van der Waals surface area contributed by atoms with E-state index in [2.05, 4.69) is 117 Å². The van der Waals surface area contributed by atoms with Gasteiger partial charge < -0.3 is 9.97 Å². The van der Waals surface area contributed by atoms with Crippen molar-refractivity contribution in [2.24, 2.45) is 0 Å². The van der Waals surface area contributed by atoms with Crippen molar-refractivity contribution in [3.05, 3.63) is 119 Å². The van der Waals surface area contributed by atoms with E-state index in [-0.39, 0.29) is 23.1 Å². The van der Waals surface area contributed by atoms with Crippen molar-refractivity contribution in [3.8, 4) is 22.3 Å².